The maximum Gasteiger partial charge on any atom is 0.515 e. The van der Waals surface area contributed by atoms with Gasteiger partial charge in [-0.1, -0.05) is 13.3 Å². The Hall–Kier alpha value is -1.78. The van der Waals surface area contributed by atoms with Gasteiger partial charge in [-0.3, -0.25) is 9.69 Å². The first-order valence-corrected chi connectivity index (χ1v) is 10.8. The van der Waals surface area contributed by atoms with Crippen LogP contribution in [0.5, 0.6) is 0 Å². The minimum atomic E-state index is -1.05. The van der Waals surface area contributed by atoms with Crippen LogP contribution in [0.2, 0.25) is 0 Å². The lowest BCUT2D eigenvalue weighted by molar-refractivity contribution is -0.155. The molecule has 0 aromatic rings. The summed E-state index contributed by atoms with van der Waals surface area (Å²) in [5, 5.41) is -0.119. The number of rotatable bonds is 13. The molecule has 1 fully saturated rings. The molecular weight excluding hydrogens is 402 g/mol. The number of hydrogen-bond donors (Lipinski definition) is 0. The van der Waals surface area contributed by atoms with Crippen molar-refractivity contribution in [3.63, 3.8) is 0 Å². The van der Waals surface area contributed by atoms with Crippen molar-refractivity contribution in [2.75, 3.05) is 45.9 Å². The minimum absolute atomic E-state index is 0.119. The summed E-state index contributed by atoms with van der Waals surface area (Å²) >= 11 is 1.57. The first-order chi connectivity index (χ1) is 14.1. The molecular formula is C19H29NO8S. The average molecular weight is 432 g/mol. The highest BCUT2D eigenvalue weighted by molar-refractivity contribution is 8.00. The fourth-order valence-electron chi connectivity index (χ4n) is 2.80. The lowest BCUT2D eigenvalue weighted by Gasteiger charge is -2.47. The van der Waals surface area contributed by atoms with Gasteiger partial charge in [0.25, 0.3) is 0 Å². The second-order valence-corrected chi connectivity index (χ2v) is 7.72. The number of ether oxygens (including phenoxy) is 5. The van der Waals surface area contributed by atoms with E-state index in [1.807, 2.05) is 0 Å². The molecule has 0 bridgehead atoms. The van der Waals surface area contributed by atoms with E-state index in [1.54, 1.807) is 17.8 Å². The molecule has 29 heavy (non-hydrogen) atoms. The molecule has 2 rings (SSSR count). The van der Waals surface area contributed by atoms with Gasteiger partial charge >= 0.3 is 12.1 Å². The molecule has 1 amide bonds. The van der Waals surface area contributed by atoms with Crippen molar-refractivity contribution in [1.82, 2.24) is 4.90 Å². The smallest absolute Gasteiger partial charge is 0.463 e. The number of thioether (sulfide) groups is 1. The quantitative estimate of drug-likeness (QED) is 0.247. The van der Waals surface area contributed by atoms with Gasteiger partial charge < -0.3 is 23.7 Å². The van der Waals surface area contributed by atoms with Crippen molar-refractivity contribution in [3.05, 3.63) is 12.0 Å². The number of nitrogens with zero attached hydrogens (tertiary/aromatic N) is 1. The molecule has 2 aliphatic heterocycles. The molecule has 164 valence electrons. The largest absolute Gasteiger partial charge is 0.515 e. The van der Waals surface area contributed by atoms with E-state index in [0.29, 0.717) is 25.4 Å². The predicted molar refractivity (Wildman–Crippen MR) is 105 cm³/mol. The van der Waals surface area contributed by atoms with E-state index in [1.165, 1.54) is 12.0 Å². The lowest BCUT2D eigenvalue weighted by Crippen LogP contribution is -2.61. The SMILES string of the molecule is CCCCOCCCCOC(=O)COC(=O)OC1=CCS[C@H]2C(COC)C(=O)N12. The van der Waals surface area contributed by atoms with Crippen LogP contribution in [0, 0.1) is 5.92 Å². The second kappa shape index (κ2) is 12.7. The molecule has 2 atom stereocenters. The number of unbranched alkanes of at least 4 members (excludes halogenated alkanes) is 2. The molecule has 0 radical (unpaired) electrons. The van der Waals surface area contributed by atoms with Crippen LogP contribution in [0.1, 0.15) is 32.6 Å². The summed E-state index contributed by atoms with van der Waals surface area (Å²) in [5.41, 5.74) is 0. The van der Waals surface area contributed by atoms with Crippen molar-refractivity contribution in [1.29, 1.82) is 0 Å². The second-order valence-electron chi connectivity index (χ2n) is 6.57. The molecule has 0 N–H and O–H groups in total. The van der Waals surface area contributed by atoms with Gasteiger partial charge in [-0.05, 0) is 25.3 Å². The Morgan fingerprint density at radius 1 is 1.17 bits per heavy atom. The van der Waals surface area contributed by atoms with Gasteiger partial charge in [0.15, 0.2) is 6.61 Å². The van der Waals surface area contributed by atoms with Crippen LogP contribution in [0.4, 0.5) is 4.79 Å². The summed E-state index contributed by atoms with van der Waals surface area (Å²) in [6.07, 6.45) is 4.18. The molecule has 0 aromatic carbocycles. The summed E-state index contributed by atoms with van der Waals surface area (Å²) in [6, 6.07) is 0. The third kappa shape index (κ3) is 7.20. The Kier molecular flexibility index (Phi) is 10.3. The summed E-state index contributed by atoms with van der Waals surface area (Å²) < 4.78 is 25.3. The minimum Gasteiger partial charge on any atom is -0.463 e. The van der Waals surface area contributed by atoms with Gasteiger partial charge in [0, 0.05) is 26.1 Å². The Balaban J connectivity index is 1.58. The maximum atomic E-state index is 12.2. The molecule has 2 heterocycles. The number of esters is 1. The number of carbonyl (C=O) groups is 3. The normalized spacial score (nSPS) is 20.4. The zero-order valence-corrected chi connectivity index (χ0v) is 17.7. The van der Waals surface area contributed by atoms with Gasteiger partial charge in [0.05, 0.1) is 24.5 Å². The molecule has 1 unspecified atom stereocenters. The third-order valence-corrected chi connectivity index (χ3v) is 5.59. The number of hydrogen-bond acceptors (Lipinski definition) is 9. The lowest BCUT2D eigenvalue weighted by atomic mass is 9.99. The predicted octanol–water partition coefficient (Wildman–Crippen LogP) is 2.30. The molecule has 1 saturated heterocycles. The highest BCUT2D eigenvalue weighted by atomic mass is 32.2. The molecule has 2 aliphatic rings. The van der Waals surface area contributed by atoms with E-state index in [9.17, 15) is 14.4 Å². The number of β-lactam (4-membered cyclic amide) rings is 1. The zero-order chi connectivity index (χ0) is 21.1. The first-order valence-electron chi connectivity index (χ1n) is 9.80. The highest BCUT2D eigenvalue weighted by Crippen LogP contribution is 2.41. The van der Waals surface area contributed by atoms with Gasteiger partial charge in [-0.2, -0.15) is 0 Å². The Labute approximate surface area is 175 Å². The van der Waals surface area contributed by atoms with E-state index in [0.717, 1.165) is 25.9 Å². The highest BCUT2D eigenvalue weighted by Gasteiger charge is 2.51. The number of carbonyl (C=O) groups excluding carboxylic acids is 3. The van der Waals surface area contributed by atoms with Crippen LogP contribution in [0.25, 0.3) is 0 Å². The summed E-state index contributed by atoms with van der Waals surface area (Å²) in [5.74, 6) is -0.337. The van der Waals surface area contributed by atoms with Gasteiger partial charge in [0.2, 0.25) is 11.8 Å². The van der Waals surface area contributed by atoms with E-state index < -0.39 is 18.7 Å². The van der Waals surface area contributed by atoms with Gasteiger partial charge in [-0.25, -0.2) is 9.59 Å². The first kappa shape index (κ1) is 23.5. The van der Waals surface area contributed by atoms with Crippen LogP contribution in [-0.4, -0.2) is 74.2 Å². The van der Waals surface area contributed by atoms with Crippen molar-refractivity contribution >= 4 is 29.8 Å². The molecule has 0 saturated carbocycles. The fourth-order valence-corrected chi connectivity index (χ4v) is 4.02. The van der Waals surface area contributed by atoms with Crippen molar-refractivity contribution < 1.29 is 38.1 Å². The van der Waals surface area contributed by atoms with Crippen molar-refractivity contribution in [3.8, 4) is 0 Å². The van der Waals surface area contributed by atoms with E-state index in [2.05, 4.69) is 6.92 Å². The van der Waals surface area contributed by atoms with E-state index >= 15 is 0 Å². The standard InChI is InChI=1S/C19H29NO8S/c1-3-4-8-25-9-5-6-10-26-16(21)13-27-19(23)28-15-7-11-29-18-14(12-24-2)17(22)20(15)18/h7,14,18H,3-6,8-13H2,1-2H3/t14?,18-/m0/s1. The number of methoxy groups -OCH3 is 1. The number of fused-ring (bicyclic) bond motifs is 1. The van der Waals surface area contributed by atoms with Crippen LogP contribution in [-0.2, 0) is 33.3 Å². The summed E-state index contributed by atoms with van der Waals surface area (Å²) in [7, 11) is 1.54. The van der Waals surface area contributed by atoms with E-state index in [4.69, 9.17) is 23.7 Å². The molecule has 10 heteroatoms. The summed E-state index contributed by atoms with van der Waals surface area (Å²) in [4.78, 5) is 37.0. The molecule has 0 spiro atoms. The van der Waals surface area contributed by atoms with Crippen LogP contribution < -0.4 is 0 Å². The van der Waals surface area contributed by atoms with Crippen LogP contribution >= 0.6 is 11.8 Å². The van der Waals surface area contributed by atoms with E-state index in [-0.39, 0.29) is 29.7 Å². The fraction of sp³-hybridized carbons (Fsp3) is 0.737. The van der Waals surface area contributed by atoms with Crippen LogP contribution in [0.15, 0.2) is 12.0 Å². The Morgan fingerprint density at radius 2 is 1.93 bits per heavy atom. The molecule has 0 aromatic heterocycles. The maximum absolute atomic E-state index is 12.2. The topological polar surface area (TPSA) is 101 Å². The zero-order valence-electron chi connectivity index (χ0n) is 16.9. The van der Waals surface area contributed by atoms with Crippen molar-refractivity contribution in [2.24, 2.45) is 5.92 Å². The third-order valence-electron chi connectivity index (χ3n) is 4.35. The Morgan fingerprint density at radius 3 is 2.69 bits per heavy atom. The monoisotopic (exact) mass is 431 g/mol. The number of amides is 1. The average Bonchev–Trinajstić information content (AvgIpc) is 2.72. The van der Waals surface area contributed by atoms with Gasteiger partial charge in [-0.15, -0.1) is 11.8 Å². The van der Waals surface area contributed by atoms with Gasteiger partial charge in [0.1, 0.15) is 0 Å². The molecule has 0 aliphatic carbocycles. The van der Waals surface area contributed by atoms with Crippen LogP contribution in [0.3, 0.4) is 0 Å². The Bertz CT molecular complexity index is 597. The molecule has 9 nitrogen and oxygen atoms in total. The van der Waals surface area contributed by atoms with Crippen molar-refractivity contribution in [2.45, 2.75) is 38.0 Å². The summed E-state index contributed by atoms with van der Waals surface area (Å²) in [6.45, 7) is 3.50.